The molecule has 2 aromatic heterocycles. The lowest BCUT2D eigenvalue weighted by atomic mass is 10.2. The van der Waals surface area contributed by atoms with Crippen LogP contribution in [-0.4, -0.2) is 19.3 Å². The average Bonchev–Trinajstić information content (AvgIpc) is 2.59. The molecule has 0 bridgehead atoms. The zero-order valence-electron chi connectivity index (χ0n) is 8.50. The molecule has 0 amide bonds. The first kappa shape index (κ1) is 9.64. The zero-order valence-corrected chi connectivity index (χ0v) is 8.50. The van der Waals surface area contributed by atoms with E-state index in [9.17, 15) is 4.79 Å². The molecule has 0 N–H and O–H groups in total. The molecule has 0 saturated carbocycles. The van der Waals surface area contributed by atoms with Gasteiger partial charge in [-0.15, -0.1) is 0 Å². The normalized spacial score (nSPS) is 10.5. The van der Waals surface area contributed by atoms with E-state index in [1.54, 1.807) is 19.4 Å². The van der Waals surface area contributed by atoms with Crippen LogP contribution in [0.2, 0.25) is 0 Å². The topological polar surface area (TPSA) is 52.7 Å². The van der Waals surface area contributed by atoms with Crippen LogP contribution in [0.1, 0.15) is 5.56 Å². The summed E-state index contributed by atoms with van der Waals surface area (Å²) in [6.07, 6.45) is 5.81. The van der Waals surface area contributed by atoms with Gasteiger partial charge in [0.2, 0.25) is 0 Å². The van der Waals surface area contributed by atoms with Gasteiger partial charge >= 0.3 is 5.69 Å². The van der Waals surface area contributed by atoms with Crippen LogP contribution < -0.4 is 5.69 Å². The summed E-state index contributed by atoms with van der Waals surface area (Å²) in [4.78, 5) is 15.4. The molecule has 2 aromatic rings. The fourth-order valence-electron chi connectivity index (χ4n) is 1.36. The molecule has 0 aliphatic rings. The highest BCUT2D eigenvalue weighted by atomic mass is 16.2. The molecule has 0 spiro atoms. The van der Waals surface area contributed by atoms with Crippen molar-refractivity contribution in [2.24, 2.45) is 7.05 Å². The fraction of sp³-hybridized carbons (Fsp3) is 0.300. The average molecular weight is 204 g/mol. The lowest BCUT2D eigenvalue weighted by molar-refractivity contribution is 0.584. The van der Waals surface area contributed by atoms with Crippen molar-refractivity contribution >= 4 is 0 Å². The third kappa shape index (κ3) is 2.12. The van der Waals surface area contributed by atoms with E-state index in [1.807, 2.05) is 12.1 Å². The van der Waals surface area contributed by atoms with Crippen molar-refractivity contribution in [3.8, 4) is 0 Å². The summed E-state index contributed by atoms with van der Waals surface area (Å²) in [7, 11) is 1.69. The SMILES string of the molecule is Cn1cnn(CCc2ccncc2)c1=O. The maximum absolute atomic E-state index is 11.4. The zero-order chi connectivity index (χ0) is 10.7. The Morgan fingerprint density at radius 1 is 1.33 bits per heavy atom. The molecule has 0 unspecified atom stereocenters. The van der Waals surface area contributed by atoms with Gasteiger partial charge in [0.1, 0.15) is 6.33 Å². The van der Waals surface area contributed by atoms with Gasteiger partial charge in [0, 0.05) is 19.4 Å². The minimum Gasteiger partial charge on any atom is -0.285 e. The number of hydrogen-bond acceptors (Lipinski definition) is 3. The van der Waals surface area contributed by atoms with Crippen molar-refractivity contribution in [1.29, 1.82) is 0 Å². The van der Waals surface area contributed by atoms with E-state index in [1.165, 1.54) is 15.6 Å². The highest BCUT2D eigenvalue weighted by Gasteiger charge is 2.00. The lowest BCUT2D eigenvalue weighted by Gasteiger charge is -1.99. The van der Waals surface area contributed by atoms with E-state index in [0.717, 1.165) is 12.0 Å². The van der Waals surface area contributed by atoms with Crippen LogP contribution in [-0.2, 0) is 20.0 Å². The molecule has 5 nitrogen and oxygen atoms in total. The standard InChI is InChI=1S/C10H12N4O/c1-13-8-12-14(10(13)15)7-4-9-2-5-11-6-3-9/h2-3,5-6,8H,4,7H2,1H3. The number of nitrogens with zero attached hydrogens (tertiary/aromatic N) is 4. The van der Waals surface area contributed by atoms with Crippen LogP contribution in [0.15, 0.2) is 35.6 Å². The van der Waals surface area contributed by atoms with E-state index in [4.69, 9.17) is 0 Å². The summed E-state index contributed by atoms with van der Waals surface area (Å²) < 4.78 is 2.92. The molecule has 5 heteroatoms. The van der Waals surface area contributed by atoms with Crippen molar-refractivity contribution in [1.82, 2.24) is 19.3 Å². The number of aromatic nitrogens is 4. The first-order chi connectivity index (χ1) is 7.27. The van der Waals surface area contributed by atoms with Gasteiger partial charge in [0.05, 0.1) is 6.54 Å². The Kier molecular flexibility index (Phi) is 2.62. The Balaban J connectivity index is 2.06. The number of hydrogen-bond donors (Lipinski definition) is 0. The van der Waals surface area contributed by atoms with Gasteiger partial charge in [-0.2, -0.15) is 5.10 Å². The number of pyridine rings is 1. The van der Waals surface area contributed by atoms with E-state index < -0.39 is 0 Å². The summed E-state index contributed by atoms with van der Waals surface area (Å²) in [5, 5.41) is 3.98. The Hall–Kier alpha value is -1.91. The highest BCUT2D eigenvalue weighted by Crippen LogP contribution is 1.97. The Bertz CT molecular complexity index is 486. The molecule has 0 radical (unpaired) electrons. The molecule has 0 saturated heterocycles. The molecule has 2 heterocycles. The minimum absolute atomic E-state index is 0.0796. The molecular weight excluding hydrogens is 192 g/mol. The fourth-order valence-corrected chi connectivity index (χ4v) is 1.36. The third-order valence-corrected chi connectivity index (χ3v) is 2.25. The summed E-state index contributed by atoms with van der Waals surface area (Å²) in [5.41, 5.74) is 1.08. The molecule has 78 valence electrons. The maximum atomic E-state index is 11.4. The van der Waals surface area contributed by atoms with Crippen molar-refractivity contribution < 1.29 is 0 Å². The predicted octanol–water partition coefficient (Wildman–Crippen LogP) is 0.219. The Morgan fingerprint density at radius 2 is 2.07 bits per heavy atom. The van der Waals surface area contributed by atoms with E-state index in [-0.39, 0.29) is 5.69 Å². The summed E-state index contributed by atoms with van der Waals surface area (Å²) in [6, 6.07) is 3.88. The first-order valence-corrected chi connectivity index (χ1v) is 4.75. The monoisotopic (exact) mass is 204 g/mol. The molecule has 2 rings (SSSR count). The lowest BCUT2D eigenvalue weighted by Crippen LogP contribution is -2.23. The quantitative estimate of drug-likeness (QED) is 0.718. The molecule has 0 fully saturated rings. The highest BCUT2D eigenvalue weighted by molar-refractivity contribution is 5.09. The largest absolute Gasteiger partial charge is 0.345 e. The van der Waals surface area contributed by atoms with Gasteiger partial charge in [0.15, 0.2) is 0 Å². The Morgan fingerprint density at radius 3 is 2.67 bits per heavy atom. The number of rotatable bonds is 3. The van der Waals surface area contributed by atoms with E-state index in [0.29, 0.717) is 6.54 Å². The Labute approximate surface area is 87.0 Å². The van der Waals surface area contributed by atoms with E-state index >= 15 is 0 Å². The maximum Gasteiger partial charge on any atom is 0.345 e. The van der Waals surface area contributed by atoms with Crippen molar-refractivity contribution in [2.75, 3.05) is 0 Å². The molecule has 0 aliphatic carbocycles. The van der Waals surface area contributed by atoms with Crippen molar-refractivity contribution in [3.63, 3.8) is 0 Å². The van der Waals surface area contributed by atoms with Gasteiger partial charge in [-0.05, 0) is 24.1 Å². The summed E-state index contributed by atoms with van der Waals surface area (Å²) >= 11 is 0. The molecule has 0 aromatic carbocycles. The summed E-state index contributed by atoms with van der Waals surface area (Å²) in [6.45, 7) is 0.601. The second kappa shape index (κ2) is 4.08. The van der Waals surface area contributed by atoms with Gasteiger partial charge in [-0.1, -0.05) is 0 Å². The molecule has 0 aliphatic heterocycles. The van der Waals surface area contributed by atoms with Gasteiger partial charge in [-0.3, -0.25) is 9.55 Å². The summed E-state index contributed by atoms with van der Waals surface area (Å²) in [5.74, 6) is 0. The number of aryl methyl sites for hydroxylation is 3. The first-order valence-electron chi connectivity index (χ1n) is 4.75. The van der Waals surface area contributed by atoms with E-state index in [2.05, 4.69) is 10.1 Å². The molecule has 15 heavy (non-hydrogen) atoms. The second-order valence-corrected chi connectivity index (χ2v) is 3.35. The van der Waals surface area contributed by atoms with Crippen LogP contribution in [0.3, 0.4) is 0 Å². The van der Waals surface area contributed by atoms with Crippen LogP contribution >= 0.6 is 0 Å². The smallest absolute Gasteiger partial charge is 0.285 e. The minimum atomic E-state index is -0.0796. The van der Waals surface area contributed by atoms with Crippen LogP contribution in [0.4, 0.5) is 0 Å². The van der Waals surface area contributed by atoms with Crippen molar-refractivity contribution in [2.45, 2.75) is 13.0 Å². The molecule has 0 atom stereocenters. The third-order valence-electron chi connectivity index (χ3n) is 2.25. The van der Waals surface area contributed by atoms with Crippen LogP contribution in [0.25, 0.3) is 0 Å². The van der Waals surface area contributed by atoms with Crippen molar-refractivity contribution in [3.05, 3.63) is 46.9 Å². The van der Waals surface area contributed by atoms with Crippen LogP contribution in [0, 0.1) is 0 Å². The van der Waals surface area contributed by atoms with Gasteiger partial charge < -0.3 is 0 Å². The van der Waals surface area contributed by atoms with Gasteiger partial charge in [0.25, 0.3) is 0 Å². The second-order valence-electron chi connectivity index (χ2n) is 3.35. The van der Waals surface area contributed by atoms with Crippen LogP contribution in [0.5, 0.6) is 0 Å². The molecular formula is C10H12N4O. The predicted molar refractivity (Wildman–Crippen MR) is 55.4 cm³/mol. The van der Waals surface area contributed by atoms with Gasteiger partial charge in [-0.25, -0.2) is 9.48 Å².